The highest BCUT2D eigenvalue weighted by atomic mass is 16.5. The Morgan fingerprint density at radius 2 is 2.12 bits per heavy atom. The van der Waals surface area contributed by atoms with E-state index >= 15 is 0 Å². The highest BCUT2D eigenvalue weighted by molar-refractivity contribution is 5.25. The summed E-state index contributed by atoms with van der Waals surface area (Å²) in [6.07, 6.45) is 6.81. The molecule has 2 aliphatic heterocycles. The van der Waals surface area contributed by atoms with Crippen molar-refractivity contribution in [2.75, 3.05) is 18.4 Å². The van der Waals surface area contributed by atoms with Crippen LogP contribution in [0.3, 0.4) is 0 Å². The van der Waals surface area contributed by atoms with Crippen molar-refractivity contribution < 1.29 is 4.74 Å². The van der Waals surface area contributed by atoms with Crippen molar-refractivity contribution in [2.24, 2.45) is 0 Å². The Morgan fingerprint density at radius 3 is 2.92 bits per heavy atom. The molecule has 0 amide bonds. The third kappa shape index (κ3) is 3.11. The van der Waals surface area contributed by atoms with Gasteiger partial charge in [-0.05, 0) is 20.3 Å². The minimum absolute atomic E-state index is 0.177. The molecule has 2 aliphatic rings. The minimum Gasteiger partial charge on any atom is -0.368 e. The van der Waals surface area contributed by atoms with Crippen LogP contribution >= 0.6 is 0 Å². The van der Waals surface area contributed by atoms with Gasteiger partial charge in [-0.3, -0.25) is 4.90 Å². The van der Waals surface area contributed by atoms with Gasteiger partial charge in [-0.1, -0.05) is 5.21 Å². The average molecular weight is 329 g/mol. The maximum absolute atomic E-state index is 6.01. The summed E-state index contributed by atoms with van der Waals surface area (Å²) in [6.45, 7) is 7.50. The largest absolute Gasteiger partial charge is 0.368 e. The van der Waals surface area contributed by atoms with E-state index in [4.69, 9.17) is 4.74 Å². The molecule has 0 spiro atoms. The molecule has 1 fully saturated rings. The van der Waals surface area contributed by atoms with Crippen molar-refractivity contribution >= 4 is 5.95 Å². The first kappa shape index (κ1) is 15.5. The van der Waals surface area contributed by atoms with Gasteiger partial charge in [0.2, 0.25) is 5.95 Å². The molecule has 0 aromatic carbocycles. The summed E-state index contributed by atoms with van der Waals surface area (Å²) in [5.41, 5.74) is 2.20. The van der Waals surface area contributed by atoms with E-state index in [2.05, 4.69) is 44.3 Å². The number of piperidine rings is 1. The molecule has 4 heterocycles. The van der Waals surface area contributed by atoms with Crippen LogP contribution in [0, 0.1) is 0 Å². The van der Waals surface area contributed by atoms with E-state index in [1.807, 2.05) is 17.1 Å². The van der Waals surface area contributed by atoms with E-state index in [1.54, 1.807) is 6.20 Å². The quantitative estimate of drug-likeness (QED) is 0.903. The van der Waals surface area contributed by atoms with Crippen molar-refractivity contribution in [2.45, 2.75) is 51.6 Å². The summed E-state index contributed by atoms with van der Waals surface area (Å²) < 4.78 is 8.06. The summed E-state index contributed by atoms with van der Waals surface area (Å²) in [4.78, 5) is 11.2. The normalized spacial score (nSPS) is 23.8. The fourth-order valence-electron chi connectivity index (χ4n) is 3.42. The van der Waals surface area contributed by atoms with Gasteiger partial charge in [0.1, 0.15) is 0 Å². The molecule has 1 N–H and O–H groups in total. The number of aromatic nitrogens is 5. The van der Waals surface area contributed by atoms with Crippen LogP contribution in [0.1, 0.15) is 37.6 Å². The number of hydrogen-bond acceptors (Lipinski definition) is 7. The molecule has 24 heavy (non-hydrogen) atoms. The van der Waals surface area contributed by atoms with Crippen LogP contribution in [0.4, 0.5) is 5.95 Å². The van der Waals surface area contributed by atoms with Crippen LogP contribution in [0.2, 0.25) is 0 Å². The molecular formula is C16H23N7O. The molecule has 0 bridgehead atoms. The number of likely N-dealkylation sites (tertiary alicyclic amines) is 1. The topological polar surface area (TPSA) is 81.0 Å². The van der Waals surface area contributed by atoms with E-state index in [0.29, 0.717) is 24.6 Å². The number of anilines is 1. The van der Waals surface area contributed by atoms with Gasteiger partial charge < -0.3 is 10.1 Å². The fourth-order valence-corrected chi connectivity index (χ4v) is 3.42. The fraction of sp³-hybridized carbons (Fsp3) is 0.625. The molecule has 4 rings (SSSR count). The highest BCUT2D eigenvalue weighted by Gasteiger charge is 2.36. The smallest absolute Gasteiger partial charge is 0.222 e. The zero-order valence-corrected chi connectivity index (χ0v) is 14.1. The predicted octanol–water partition coefficient (Wildman–Crippen LogP) is 1.23. The molecule has 0 radical (unpaired) electrons. The molecule has 2 aromatic rings. The Bertz CT molecular complexity index is 684. The Balaban J connectivity index is 1.38. The lowest BCUT2D eigenvalue weighted by Gasteiger charge is -2.40. The maximum atomic E-state index is 6.01. The lowest BCUT2D eigenvalue weighted by molar-refractivity contribution is -0.0704. The van der Waals surface area contributed by atoms with Crippen LogP contribution in [-0.2, 0) is 17.9 Å². The van der Waals surface area contributed by atoms with E-state index in [0.717, 1.165) is 37.3 Å². The Hall–Kier alpha value is -2.06. The minimum atomic E-state index is 0.177. The number of rotatable bonds is 4. The molecule has 0 saturated carbocycles. The Morgan fingerprint density at radius 1 is 1.29 bits per heavy atom. The van der Waals surface area contributed by atoms with Crippen LogP contribution in [0.15, 0.2) is 18.6 Å². The molecule has 8 nitrogen and oxygen atoms in total. The first-order valence-corrected chi connectivity index (χ1v) is 8.49. The van der Waals surface area contributed by atoms with Crippen LogP contribution in [0.25, 0.3) is 0 Å². The van der Waals surface area contributed by atoms with Crippen molar-refractivity contribution in [1.82, 2.24) is 29.9 Å². The first-order valence-electron chi connectivity index (χ1n) is 8.49. The summed E-state index contributed by atoms with van der Waals surface area (Å²) in [5, 5.41) is 11.4. The van der Waals surface area contributed by atoms with Crippen molar-refractivity contribution in [1.29, 1.82) is 0 Å². The predicted molar refractivity (Wildman–Crippen MR) is 88.3 cm³/mol. The summed E-state index contributed by atoms with van der Waals surface area (Å²) >= 11 is 0. The second-order valence-corrected chi connectivity index (χ2v) is 6.82. The molecule has 2 aromatic heterocycles. The zero-order chi connectivity index (χ0) is 16.5. The summed E-state index contributed by atoms with van der Waals surface area (Å²) in [7, 11) is 0. The van der Waals surface area contributed by atoms with Gasteiger partial charge in [-0.25, -0.2) is 14.6 Å². The van der Waals surface area contributed by atoms with Gasteiger partial charge in [0.25, 0.3) is 0 Å². The Labute approximate surface area is 141 Å². The van der Waals surface area contributed by atoms with E-state index in [1.165, 1.54) is 0 Å². The second kappa shape index (κ2) is 6.45. The summed E-state index contributed by atoms with van der Waals surface area (Å²) in [6, 6.07) is 0.640. The third-order valence-electron chi connectivity index (χ3n) is 4.55. The van der Waals surface area contributed by atoms with Gasteiger partial charge >= 0.3 is 0 Å². The number of hydrogen-bond donors (Lipinski definition) is 1. The van der Waals surface area contributed by atoms with Gasteiger partial charge in [0.05, 0.1) is 30.6 Å². The molecule has 1 saturated heterocycles. The number of fused-ring (bicyclic) bond motifs is 3. The number of nitrogens with zero attached hydrogens (tertiary/aromatic N) is 6. The van der Waals surface area contributed by atoms with Crippen molar-refractivity contribution in [3.63, 3.8) is 0 Å². The van der Waals surface area contributed by atoms with Crippen LogP contribution in [0.5, 0.6) is 0 Å². The Kier molecular flexibility index (Phi) is 4.15. The van der Waals surface area contributed by atoms with Crippen molar-refractivity contribution in [3.8, 4) is 0 Å². The first-order chi connectivity index (χ1) is 11.7. The summed E-state index contributed by atoms with van der Waals surface area (Å²) in [5.74, 6) is 0.682. The lowest BCUT2D eigenvalue weighted by atomic mass is 10.00. The second-order valence-electron chi connectivity index (χ2n) is 6.82. The van der Waals surface area contributed by atoms with E-state index < -0.39 is 0 Å². The molecule has 2 atom stereocenters. The van der Waals surface area contributed by atoms with Gasteiger partial charge in [0, 0.05) is 43.6 Å². The average Bonchev–Trinajstić information content (AvgIpc) is 3.05. The maximum Gasteiger partial charge on any atom is 0.222 e. The molecule has 0 unspecified atom stereocenters. The van der Waals surface area contributed by atoms with E-state index in [-0.39, 0.29) is 6.10 Å². The van der Waals surface area contributed by atoms with Crippen LogP contribution in [-0.4, -0.2) is 55.1 Å². The van der Waals surface area contributed by atoms with E-state index in [9.17, 15) is 0 Å². The van der Waals surface area contributed by atoms with Crippen LogP contribution < -0.4 is 5.32 Å². The highest BCUT2D eigenvalue weighted by Crippen LogP contribution is 2.30. The monoisotopic (exact) mass is 329 g/mol. The van der Waals surface area contributed by atoms with Gasteiger partial charge in [-0.15, -0.1) is 5.10 Å². The van der Waals surface area contributed by atoms with Gasteiger partial charge in [-0.2, -0.15) is 0 Å². The molecule has 128 valence electrons. The van der Waals surface area contributed by atoms with Crippen molar-refractivity contribution in [3.05, 3.63) is 29.8 Å². The van der Waals surface area contributed by atoms with Gasteiger partial charge in [0.15, 0.2) is 0 Å². The number of nitrogens with one attached hydrogen (secondary N) is 1. The molecule has 0 aliphatic carbocycles. The third-order valence-corrected chi connectivity index (χ3v) is 4.55. The lowest BCUT2D eigenvalue weighted by Crippen LogP contribution is -2.48. The standard InChI is InChI=1S/C16H23N7O/c1-11(2)20-16-17-5-12(6-18-16)8-22-4-3-14-15(9-22)24-10-13-7-19-21-23(13)14/h5-7,11,14-15H,3-4,8-10H2,1-2H3,(H,17,18,20)/t14-,15-/m0/s1. The number of ether oxygens (including phenoxy) is 1. The SMILES string of the molecule is CC(C)Nc1ncc(CN2CC[C@H]3[C@H](C2)OCc2cnnn23)cn1. The molecular weight excluding hydrogens is 306 g/mol. The zero-order valence-electron chi connectivity index (χ0n) is 14.1. The molecule has 8 heteroatoms.